The van der Waals surface area contributed by atoms with Crippen LogP contribution in [0.3, 0.4) is 0 Å². The number of amidine groups is 1. The standard InChI is InChI=1S/C26H37N5O3/c1-3-30-21(14-17-7-8-18(25(27)28)15-23(17)30)12-11-20-6-5-13-31(20)26(33)22(29-19-9-10-19)16-24(32)34-4-2/h7-8,14-15,19-20,22,29H,3-6,9-13,16H2,1-2H3,(H3,27,28). The van der Waals surface area contributed by atoms with Crippen molar-refractivity contribution in [3.05, 3.63) is 35.5 Å². The van der Waals surface area contributed by atoms with Crippen LogP contribution in [0.1, 0.15) is 63.6 Å². The molecule has 2 fully saturated rings. The summed E-state index contributed by atoms with van der Waals surface area (Å²) >= 11 is 0. The van der Waals surface area contributed by atoms with Crippen LogP contribution >= 0.6 is 0 Å². The van der Waals surface area contributed by atoms with Crippen LogP contribution in [0.4, 0.5) is 0 Å². The lowest BCUT2D eigenvalue weighted by atomic mass is 10.1. The lowest BCUT2D eigenvalue weighted by Gasteiger charge is -2.29. The van der Waals surface area contributed by atoms with Crippen molar-refractivity contribution in [2.75, 3.05) is 13.2 Å². The highest BCUT2D eigenvalue weighted by Crippen LogP contribution is 2.28. The van der Waals surface area contributed by atoms with Crippen molar-refractivity contribution < 1.29 is 14.3 Å². The molecule has 8 heteroatoms. The summed E-state index contributed by atoms with van der Waals surface area (Å²) in [6, 6.07) is 8.12. The number of aryl methyl sites for hydroxylation is 2. The molecule has 184 valence electrons. The summed E-state index contributed by atoms with van der Waals surface area (Å²) in [5.41, 5.74) is 8.75. The summed E-state index contributed by atoms with van der Waals surface area (Å²) in [5.74, 6) is -0.212. The van der Waals surface area contributed by atoms with E-state index in [1.165, 1.54) is 5.69 Å². The van der Waals surface area contributed by atoms with E-state index >= 15 is 0 Å². The van der Waals surface area contributed by atoms with Gasteiger partial charge in [0, 0.05) is 41.9 Å². The monoisotopic (exact) mass is 467 g/mol. The fraction of sp³-hybridized carbons (Fsp3) is 0.577. The van der Waals surface area contributed by atoms with Gasteiger partial charge in [-0.2, -0.15) is 0 Å². The number of ether oxygens (including phenoxy) is 1. The average Bonchev–Trinajstić information content (AvgIpc) is 3.38. The third kappa shape index (κ3) is 5.43. The van der Waals surface area contributed by atoms with Crippen LogP contribution in [0.2, 0.25) is 0 Å². The third-order valence-corrected chi connectivity index (χ3v) is 7.00. The molecule has 1 aromatic heterocycles. The molecule has 2 heterocycles. The Kier molecular flexibility index (Phi) is 7.56. The second kappa shape index (κ2) is 10.6. The fourth-order valence-corrected chi connectivity index (χ4v) is 5.14. The number of nitrogens with zero attached hydrogens (tertiary/aromatic N) is 2. The van der Waals surface area contributed by atoms with Gasteiger partial charge in [0.1, 0.15) is 5.84 Å². The van der Waals surface area contributed by atoms with Crippen molar-refractivity contribution in [1.29, 1.82) is 5.41 Å². The predicted octanol–water partition coefficient (Wildman–Crippen LogP) is 2.94. The molecular formula is C26H37N5O3. The number of rotatable bonds is 11. The van der Waals surface area contributed by atoms with Crippen LogP contribution in [-0.4, -0.2) is 58.5 Å². The van der Waals surface area contributed by atoms with Gasteiger partial charge >= 0.3 is 5.97 Å². The first-order valence-corrected chi connectivity index (χ1v) is 12.6. The Bertz CT molecular complexity index is 1060. The Morgan fingerprint density at radius 1 is 1.24 bits per heavy atom. The maximum atomic E-state index is 13.5. The number of carbonyl (C=O) groups is 2. The van der Waals surface area contributed by atoms with Crippen molar-refractivity contribution in [3.63, 3.8) is 0 Å². The molecule has 0 radical (unpaired) electrons. The van der Waals surface area contributed by atoms with E-state index in [9.17, 15) is 9.59 Å². The molecule has 0 spiro atoms. The Balaban J connectivity index is 1.46. The van der Waals surface area contributed by atoms with Gasteiger partial charge in [0.05, 0.1) is 19.1 Å². The van der Waals surface area contributed by atoms with Crippen LogP contribution in [0, 0.1) is 5.41 Å². The van der Waals surface area contributed by atoms with E-state index in [4.69, 9.17) is 15.9 Å². The second-order valence-electron chi connectivity index (χ2n) is 9.44. The first-order chi connectivity index (χ1) is 16.4. The Morgan fingerprint density at radius 3 is 2.71 bits per heavy atom. The molecule has 4 rings (SSSR count). The lowest BCUT2D eigenvalue weighted by Crippen LogP contribution is -2.50. The largest absolute Gasteiger partial charge is 0.466 e. The number of nitrogen functional groups attached to an aromatic ring is 1. The third-order valence-electron chi connectivity index (χ3n) is 7.00. The highest BCUT2D eigenvalue weighted by atomic mass is 16.5. The van der Waals surface area contributed by atoms with E-state index in [0.29, 0.717) is 12.6 Å². The van der Waals surface area contributed by atoms with E-state index in [2.05, 4.69) is 22.9 Å². The number of hydrogen-bond donors (Lipinski definition) is 3. The van der Waals surface area contributed by atoms with E-state index in [1.54, 1.807) is 6.92 Å². The van der Waals surface area contributed by atoms with Crippen LogP contribution in [0.15, 0.2) is 24.3 Å². The number of esters is 1. The highest BCUT2D eigenvalue weighted by Gasteiger charge is 2.37. The number of carbonyl (C=O) groups excluding carboxylic acids is 2. The molecule has 2 aliphatic rings. The van der Waals surface area contributed by atoms with Gasteiger partial charge in [0.2, 0.25) is 5.91 Å². The normalized spacial score (nSPS) is 18.9. The van der Waals surface area contributed by atoms with Gasteiger partial charge in [-0.15, -0.1) is 0 Å². The number of nitrogens with two attached hydrogens (primary N) is 1. The molecule has 1 amide bonds. The number of fused-ring (bicyclic) bond motifs is 1. The van der Waals surface area contributed by atoms with E-state index in [-0.39, 0.29) is 30.2 Å². The van der Waals surface area contributed by atoms with Crippen LogP contribution in [0.25, 0.3) is 10.9 Å². The minimum Gasteiger partial charge on any atom is -0.466 e. The lowest BCUT2D eigenvalue weighted by molar-refractivity contribution is -0.147. The molecule has 1 saturated heterocycles. The minimum absolute atomic E-state index is 0.0320. The topological polar surface area (TPSA) is 113 Å². The van der Waals surface area contributed by atoms with Crippen molar-refractivity contribution in [3.8, 4) is 0 Å². The number of aromatic nitrogens is 1. The van der Waals surface area contributed by atoms with Gasteiger partial charge in [-0.25, -0.2) is 0 Å². The first-order valence-electron chi connectivity index (χ1n) is 12.6. The van der Waals surface area contributed by atoms with Crippen LogP contribution in [0.5, 0.6) is 0 Å². The number of nitrogens with one attached hydrogen (secondary N) is 2. The predicted molar refractivity (Wildman–Crippen MR) is 133 cm³/mol. The fourth-order valence-electron chi connectivity index (χ4n) is 5.14. The molecule has 2 unspecified atom stereocenters. The quantitative estimate of drug-likeness (QED) is 0.267. The van der Waals surface area contributed by atoms with Gasteiger partial charge in [-0.3, -0.25) is 15.0 Å². The number of likely N-dealkylation sites (tertiary alicyclic amines) is 1. The minimum atomic E-state index is -0.501. The van der Waals surface area contributed by atoms with Gasteiger partial charge in [-0.1, -0.05) is 12.1 Å². The summed E-state index contributed by atoms with van der Waals surface area (Å²) in [6.45, 7) is 5.82. The zero-order valence-corrected chi connectivity index (χ0v) is 20.3. The molecule has 1 aromatic carbocycles. The van der Waals surface area contributed by atoms with Crippen LogP contribution < -0.4 is 11.1 Å². The number of amides is 1. The Hall–Kier alpha value is -2.87. The zero-order valence-electron chi connectivity index (χ0n) is 20.3. The van der Waals surface area contributed by atoms with Gasteiger partial charge in [0.25, 0.3) is 0 Å². The smallest absolute Gasteiger partial charge is 0.307 e. The molecular weight excluding hydrogens is 430 g/mol. The average molecular weight is 468 g/mol. The summed E-state index contributed by atoms with van der Waals surface area (Å²) in [7, 11) is 0. The van der Waals surface area contributed by atoms with Crippen molar-refractivity contribution >= 4 is 28.6 Å². The first kappa shape index (κ1) is 24.3. The molecule has 1 saturated carbocycles. The van der Waals surface area contributed by atoms with Gasteiger partial charge in [0.15, 0.2) is 0 Å². The maximum absolute atomic E-state index is 13.5. The zero-order chi connectivity index (χ0) is 24.2. The summed E-state index contributed by atoms with van der Waals surface area (Å²) < 4.78 is 7.40. The molecule has 8 nitrogen and oxygen atoms in total. The molecule has 2 aromatic rings. The van der Waals surface area contributed by atoms with Crippen molar-refractivity contribution in [2.45, 2.75) is 83.5 Å². The molecule has 0 bridgehead atoms. The van der Waals surface area contributed by atoms with Crippen molar-refractivity contribution in [2.24, 2.45) is 5.73 Å². The SMILES string of the molecule is CCOC(=O)CC(NC1CC1)C(=O)N1CCCC1CCc1cc2ccc(C(=N)N)cc2n1CC. The van der Waals surface area contributed by atoms with Gasteiger partial charge < -0.3 is 25.3 Å². The molecule has 2 atom stereocenters. The number of hydrogen-bond acceptors (Lipinski definition) is 5. The highest BCUT2D eigenvalue weighted by molar-refractivity contribution is 5.98. The van der Waals surface area contributed by atoms with Crippen LogP contribution in [-0.2, 0) is 27.3 Å². The molecule has 4 N–H and O–H groups in total. The van der Waals surface area contributed by atoms with E-state index < -0.39 is 6.04 Å². The van der Waals surface area contributed by atoms with Crippen molar-refractivity contribution in [1.82, 2.24) is 14.8 Å². The van der Waals surface area contributed by atoms with E-state index in [1.807, 2.05) is 23.1 Å². The maximum Gasteiger partial charge on any atom is 0.307 e. The second-order valence-corrected chi connectivity index (χ2v) is 9.44. The van der Waals surface area contributed by atoms with E-state index in [0.717, 1.165) is 68.1 Å². The molecule has 34 heavy (non-hydrogen) atoms. The summed E-state index contributed by atoms with van der Waals surface area (Å²) in [6.07, 6.45) is 5.94. The Labute approximate surface area is 201 Å². The summed E-state index contributed by atoms with van der Waals surface area (Å²) in [4.78, 5) is 27.6. The van der Waals surface area contributed by atoms with Gasteiger partial charge in [-0.05, 0) is 69.9 Å². The molecule has 1 aliphatic carbocycles. The Morgan fingerprint density at radius 2 is 2.03 bits per heavy atom. The number of benzene rings is 1. The summed E-state index contributed by atoms with van der Waals surface area (Å²) in [5, 5.41) is 12.3. The molecule has 1 aliphatic heterocycles.